The highest BCUT2D eigenvalue weighted by molar-refractivity contribution is 7.99. The average Bonchev–Trinajstić information content (AvgIpc) is 2.10. The third-order valence-corrected chi connectivity index (χ3v) is 2.82. The molecule has 0 radical (unpaired) electrons. The summed E-state index contributed by atoms with van der Waals surface area (Å²) in [5, 5.41) is 3.19. The van der Waals surface area contributed by atoms with Crippen LogP contribution in [0.3, 0.4) is 0 Å². The minimum Gasteiger partial charge on any atom is -0.348 e. The molecule has 1 atom stereocenters. The number of carbonyl (C=O) groups excluding carboxylic acids is 1. The SMILES string of the molecule is CCSCC(C)NCC(=O)N(C)C. The van der Waals surface area contributed by atoms with Gasteiger partial charge in [-0.15, -0.1) is 0 Å². The van der Waals surface area contributed by atoms with Crippen LogP contribution < -0.4 is 5.32 Å². The minimum atomic E-state index is 0.133. The zero-order valence-electron chi connectivity index (χ0n) is 8.96. The Balaban J connectivity index is 3.46. The van der Waals surface area contributed by atoms with Crippen LogP contribution in [0.15, 0.2) is 0 Å². The van der Waals surface area contributed by atoms with Gasteiger partial charge in [-0.1, -0.05) is 6.92 Å². The van der Waals surface area contributed by atoms with E-state index in [1.807, 2.05) is 11.8 Å². The van der Waals surface area contributed by atoms with Crippen molar-refractivity contribution in [2.75, 3.05) is 32.1 Å². The Morgan fingerprint density at radius 2 is 2.15 bits per heavy atom. The van der Waals surface area contributed by atoms with E-state index >= 15 is 0 Å². The normalized spacial score (nSPS) is 12.6. The van der Waals surface area contributed by atoms with Gasteiger partial charge in [-0.3, -0.25) is 4.79 Å². The third kappa shape index (κ3) is 6.90. The number of hydrogen-bond donors (Lipinski definition) is 1. The summed E-state index contributed by atoms with van der Waals surface area (Å²) in [5.41, 5.74) is 0. The number of nitrogens with one attached hydrogen (secondary N) is 1. The van der Waals surface area contributed by atoms with Gasteiger partial charge in [0.25, 0.3) is 0 Å². The number of thioether (sulfide) groups is 1. The third-order valence-electron chi connectivity index (χ3n) is 1.67. The molecule has 0 rings (SSSR count). The predicted octanol–water partition coefficient (Wildman–Crippen LogP) is 0.806. The van der Waals surface area contributed by atoms with E-state index < -0.39 is 0 Å². The van der Waals surface area contributed by atoms with Gasteiger partial charge in [0.15, 0.2) is 0 Å². The van der Waals surface area contributed by atoms with Gasteiger partial charge in [-0.05, 0) is 12.7 Å². The van der Waals surface area contributed by atoms with Crippen molar-refractivity contribution in [2.45, 2.75) is 19.9 Å². The fourth-order valence-electron chi connectivity index (χ4n) is 0.773. The lowest BCUT2D eigenvalue weighted by molar-refractivity contribution is -0.127. The molecule has 0 saturated heterocycles. The zero-order chi connectivity index (χ0) is 10.3. The standard InChI is InChI=1S/C9H20N2OS/c1-5-13-7-8(2)10-6-9(12)11(3)4/h8,10H,5-7H2,1-4H3. The average molecular weight is 204 g/mol. The van der Waals surface area contributed by atoms with Gasteiger partial charge in [0, 0.05) is 25.9 Å². The second-order valence-electron chi connectivity index (χ2n) is 3.23. The molecule has 78 valence electrons. The monoisotopic (exact) mass is 204 g/mol. The molecule has 13 heavy (non-hydrogen) atoms. The van der Waals surface area contributed by atoms with E-state index in [9.17, 15) is 4.79 Å². The summed E-state index contributed by atoms with van der Waals surface area (Å²) in [5.74, 6) is 2.33. The van der Waals surface area contributed by atoms with Gasteiger partial charge in [0.05, 0.1) is 6.54 Å². The first-order valence-electron chi connectivity index (χ1n) is 4.59. The summed E-state index contributed by atoms with van der Waals surface area (Å²) in [6.07, 6.45) is 0. The first kappa shape index (κ1) is 12.8. The molecular formula is C9H20N2OS. The molecule has 4 heteroatoms. The lowest BCUT2D eigenvalue weighted by Crippen LogP contribution is -2.38. The van der Waals surface area contributed by atoms with Crippen molar-refractivity contribution < 1.29 is 4.79 Å². The van der Waals surface area contributed by atoms with E-state index in [4.69, 9.17) is 0 Å². The second kappa shape index (κ2) is 7.21. The molecule has 1 unspecified atom stereocenters. The molecule has 0 saturated carbocycles. The summed E-state index contributed by atoms with van der Waals surface area (Å²) in [4.78, 5) is 12.8. The quantitative estimate of drug-likeness (QED) is 0.695. The van der Waals surface area contributed by atoms with Crippen molar-refractivity contribution in [1.82, 2.24) is 10.2 Å². The molecule has 0 aliphatic heterocycles. The number of likely N-dealkylation sites (N-methyl/N-ethyl adjacent to an activating group) is 1. The largest absolute Gasteiger partial charge is 0.348 e. The van der Waals surface area contributed by atoms with Crippen molar-refractivity contribution in [3.63, 3.8) is 0 Å². The predicted molar refractivity (Wildman–Crippen MR) is 59.2 cm³/mol. The van der Waals surface area contributed by atoms with Gasteiger partial charge < -0.3 is 10.2 Å². The number of amides is 1. The van der Waals surface area contributed by atoms with Crippen LogP contribution in [0, 0.1) is 0 Å². The van der Waals surface area contributed by atoms with Gasteiger partial charge in [-0.25, -0.2) is 0 Å². The molecule has 3 nitrogen and oxygen atoms in total. The molecule has 0 bridgehead atoms. The van der Waals surface area contributed by atoms with Gasteiger partial charge in [0.1, 0.15) is 0 Å². The zero-order valence-corrected chi connectivity index (χ0v) is 9.78. The summed E-state index contributed by atoms with van der Waals surface area (Å²) < 4.78 is 0. The number of rotatable bonds is 6. The van der Waals surface area contributed by atoms with Crippen molar-refractivity contribution in [3.8, 4) is 0 Å². The van der Waals surface area contributed by atoms with E-state index in [1.54, 1.807) is 19.0 Å². The Bertz CT molecular complexity index is 151. The smallest absolute Gasteiger partial charge is 0.236 e. The summed E-state index contributed by atoms with van der Waals surface area (Å²) >= 11 is 1.89. The van der Waals surface area contributed by atoms with Crippen molar-refractivity contribution in [1.29, 1.82) is 0 Å². The fourth-order valence-corrected chi connectivity index (χ4v) is 1.48. The topological polar surface area (TPSA) is 32.3 Å². The highest BCUT2D eigenvalue weighted by Gasteiger charge is 2.06. The maximum atomic E-state index is 11.2. The maximum absolute atomic E-state index is 11.2. The van der Waals surface area contributed by atoms with Gasteiger partial charge in [-0.2, -0.15) is 11.8 Å². The summed E-state index contributed by atoms with van der Waals surface area (Å²) in [7, 11) is 3.55. The first-order chi connectivity index (χ1) is 6.07. The number of nitrogens with zero attached hydrogens (tertiary/aromatic N) is 1. The van der Waals surface area contributed by atoms with Crippen LogP contribution in [0.25, 0.3) is 0 Å². The van der Waals surface area contributed by atoms with Crippen molar-refractivity contribution in [2.24, 2.45) is 0 Å². The molecule has 1 N–H and O–H groups in total. The summed E-state index contributed by atoms with van der Waals surface area (Å²) in [6.45, 7) is 4.69. The molecule has 0 spiro atoms. The Labute approximate surface area is 85.3 Å². The van der Waals surface area contributed by atoms with Gasteiger partial charge in [0.2, 0.25) is 5.91 Å². The van der Waals surface area contributed by atoms with E-state index in [0.717, 1.165) is 11.5 Å². The highest BCUT2D eigenvalue weighted by Crippen LogP contribution is 2.00. The van der Waals surface area contributed by atoms with E-state index in [-0.39, 0.29) is 5.91 Å². The Morgan fingerprint density at radius 3 is 2.62 bits per heavy atom. The lowest BCUT2D eigenvalue weighted by Gasteiger charge is -2.15. The summed E-state index contributed by atoms with van der Waals surface area (Å²) in [6, 6.07) is 0.411. The Hall–Kier alpha value is -0.220. The fraction of sp³-hybridized carbons (Fsp3) is 0.889. The molecule has 1 amide bonds. The molecule has 0 heterocycles. The molecule has 0 aromatic rings. The van der Waals surface area contributed by atoms with Crippen LogP contribution in [0.5, 0.6) is 0 Å². The second-order valence-corrected chi connectivity index (χ2v) is 4.55. The first-order valence-corrected chi connectivity index (χ1v) is 5.74. The molecule has 0 aromatic heterocycles. The minimum absolute atomic E-state index is 0.133. The van der Waals surface area contributed by atoms with E-state index in [0.29, 0.717) is 12.6 Å². The van der Waals surface area contributed by atoms with Crippen LogP contribution in [-0.4, -0.2) is 49.0 Å². The van der Waals surface area contributed by atoms with Crippen molar-refractivity contribution >= 4 is 17.7 Å². The molecular weight excluding hydrogens is 184 g/mol. The van der Waals surface area contributed by atoms with Crippen LogP contribution in [-0.2, 0) is 4.79 Å². The van der Waals surface area contributed by atoms with Gasteiger partial charge >= 0.3 is 0 Å². The lowest BCUT2D eigenvalue weighted by atomic mass is 10.4. The maximum Gasteiger partial charge on any atom is 0.236 e. The number of carbonyl (C=O) groups is 1. The molecule has 0 aliphatic rings. The Kier molecular flexibility index (Phi) is 7.09. The van der Waals surface area contributed by atoms with Crippen LogP contribution in [0.2, 0.25) is 0 Å². The molecule has 0 fully saturated rings. The number of hydrogen-bond acceptors (Lipinski definition) is 3. The van der Waals surface area contributed by atoms with Crippen LogP contribution in [0.4, 0.5) is 0 Å². The van der Waals surface area contributed by atoms with Crippen molar-refractivity contribution in [3.05, 3.63) is 0 Å². The van der Waals surface area contributed by atoms with Crippen LogP contribution in [0.1, 0.15) is 13.8 Å². The highest BCUT2D eigenvalue weighted by atomic mass is 32.2. The van der Waals surface area contributed by atoms with E-state index in [1.165, 1.54) is 0 Å². The van der Waals surface area contributed by atoms with E-state index in [2.05, 4.69) is 19.2 Å². The molecule has 0 aliphatic carbocycles. The Morgan fingerprint density at radius 1 is 1.54 bits per heavy atom. The van der Waals surface area contributed by atoms with Crippen LogP contribution >= 0.6 is 11.8 Å². The molecule has 0 aromatic carbocycles.